The SMILES string of the molecule is Cc1cc(C)c(Nc2ccc3c(-c4ccccc4S(=O)(=O)O)c4cc/c(=N\c5c(C)c(NC(=O)NCc6ccccc6)c(C)c(S(=O)(=O)O)c5C)cc-4oc3c2)c(C)c1NC(=O)NCc1ccccc1. The van der Waals surface area contributed by atoms with Crippen molar-refractivity contribution >= 4 is 71.7 Å². The standard InChI is InChI=1S/C53H50N6O9S2/c1-30-25-31(2)48(58-52(60)54-28-36-15-9-7-10-16-36)32(3)47(30)56-38-21-23-40-43(26-38)68-44-27-39(22-24-41(44)46(40)42-19-13-14-20-45(42)69(62,63)64)57-49-33(4)50(35(6)51(34(49)5)70(65,66)67)59-53(61)55-29-37-17-11-8-12-18-37/h7-27,56H,28-29H2,1-6H3,(H2,54,58,60)(H2,55,59,61)(H,62,63,64)(H,65,66,67)/b57-39+. The van der Waals surface area contributed by atoms with E-state index in [0.29, 0.717) is 45.6 Å². The third-order valence-corrected chi connectivity index (χ3v) is 14.1. The molecule has 6 aromatic rings. The molecule has 1 aliphatic heterocycles. The van der Waals surface area contributed by atoms with E-state index in [0.717, 1.165) is 33.5 Å². The molecule has 1 aliphatic carbocycles. The molecule has 0 aromatic heterocycles. The zero-order chi connectivity index (χ0) is 50.1. The number of carbonyl (C=O) groups is 2. The average molecular weight is 979 g/mol. The second kappa shape index (κ2) is 19.6. The van der Waals surface area contributed by atoms with Crippen LogP contribution >= 0.6 is 0 Å². The van der Waals surface area contributed by atoms with E-state index in [9.17, 15) is 35.5 Å². The molecule has 0 unspecified atom stereocenters. The van der Waals surface area contributed by atoms with Crippen LogP contribution in [-0.4, -0.2) is 38.0 Å². The fourth-order valence-corrected chi connectivity index (χ4v) is 10.5. The van der Waals surface area contributed by atoms with Crippen molar-refractivity contribution < 1.29 is 39.9 Å². The highest BCUT2D eigenvalue weighted by atomic mass is 32.2. The lowest BCUT2D eigenvalue weighted by molar-refractivity contribution is 0.251. The molecule has 0 fully saturated rings. The zero-order valence-corrected chi connectivity index (χ0v) is 40.7. The number of benzene rings is 7. The number of urea groups is 2. The van der Waals surface area contributed by atoms with E-state index >= 15 is 0 Å². The van der Waals surface area contributed by atoms with Gasteiger partial charge in [-0.3, -0.25) is 9.11 Å². The van der Waals surface area contributed by atoms with Crippen LogP contribution in [0.25, 0.3) is 33.4 Å². The molecule has 0 saturated carbocycles. The Labute approximate surface area is 405 Å². The molecule has 0 radical (unpaired) electrons. The van der Waals surface area contributed by atoms with Gasteiger partial charge >= 0.3 is 12.1 Å². The van der Waals surface area contributed by atoms with E-state index in [2.05, 4.69) is 26.6 Å². The summed E-state index contributed by atoms with van der Waals surface area (Å²) in [5, 5.41) is 15.7. The number of fused-ring (bicyclic) bond motifs is 2. The highest BCUT2D eigenvalue weighted by molar-refractivity contribution is 7.86. The van der Waals surface area contributed by atoms with Crippen molar-refractivity contribution in [3.05, 3.63) is 177 Å². The van der Waals surface area contributed by atoms with Gasteiger partial charge in [0, 0.05) is 58.7 Å². The fraction of sp³-hybridized carbons (Fsp3) is 0.151. The lowest BCUT2D eigenvalue weighted by Gasteiger charge is -2.21. The van der Waals surface area contributed by atoms with Gasteiger partial charge in [-0.05, 0) is 116 Å². The first-order chi connectivity index (χ1) is 33.3. The van der Waals surface area contributed by atoms with Crippen LogP contribution in [0.5, 0.6) is 0 Å². The summed E-state index contributed by atoms with van der Waals surface area (Å²) in [6, 6.07) is 36.1. The number of hydrogen-bond donors (Lipinski definition) is 7. The summed E-state index contributed by atoms with van der Waals surface area (Å²) in [4.78, 5) is 30.5. The van der Waals surface area contributed by atoms with Gasteiger partial charge in [-0.2, -0.15) is 16.8 Å². The predicted octanol–water partition coefficient (Wildman–Crippen LogP) is 11.2. The molecule has 15 nitrogen and oxygen atoms in total. The average Bonchev–Trinajstić information content (AvgIpc) is 3.32. The van der Waals surface area contributed by atoms with Gasteiger partial charge in [-0.25, -0.2) is 14.6 Å². The Morgan fingerprint density at radius 1 is 0.571 bits per heavy atom. The summed E-state index contributed by atoms with van der Waals surface area (Å²) < 4.78 is 79.1. The maximum Gasteiger partial charge on any atom is 0.319 e. The molecular weight excluding hydrogens is 929 g/mol. The largest absolute Gasteiger partial charge is 0.456 e. The molecule has 6 aromatic carbocycles. The Kier molecular flexibility index (Phi) is 13.6. The number of carbonyl (C=O) groups excluding carboxylic acids is 2. The Morgan fingerprint density at radius 2 is 1.16 bits per heavy atom. The van der Waals surface area contributed by atoms with Crippen LogP contribution in [0, 0.1) is 41.5 Å². The molecular formula is C53H50N6O9S2. The van der Waals surface area contributed by atoms with E-state index in [1.807, 2.05) is 93.6 Å². The summed E-state index contributed by atoms with van der Waals surface area (Å²) in [5.41, 5.74) is 8.68. The molecule has 2 aliphatic rings. The van der Waals surface area contributed by atoms with Crippen molar-refractivity contribution in [3.8, 4) is 22.5 Å². The van der Waals surface area contributed by atoms with E-state index in [-0.39, 0.29) is 56.7 Å². The number of rotatable bonds is 12. The zero-order valence-electron chi connectivity index (χ0n) is 39.1. The Hall–Kier alpha value is -7.83. The van der Waals surface area contributed by atoms with Gasteiger partial charge in [0.05, 0.1) is 22.4 Å². The predicted molar refractivity (Wildman–Crippen MR) is 272 cm³/mol. The number of nitrogens with zero attached hydrogens (tertiary/aromatic N) is 1. The first kappa shape index (κ1) is 48.6. The molecule has 0 atom stereocenters. The number of anilines is 4. The molecule has 7 N–H and O–H groups in total. The van der Waals surface area contributed by atoms with Crippen LogP contribution in [0.4, 0.5) is 38.0 Å². The van der Waals surface area contributed by atoms with Gasteiger partial charge in [0.1, 0.15) is 21.1 Å². The van der Waals surface area contributed by atoms with Crippen LogP contribution in [-0.2, 0) is 33.3 Å². The molecule has 70 heavy (non-hydrogen) atoms. The number of aryl methyl sites for hydroxylation is 2. The summed E-state index contributed by atoms with van der Waals surface area (Å²) in [6.45, 7) is 11.0. The molecule has 0 bridgehead atoms. The second-order valence-corrected chi connectivity index (χ2v) is 19.7. The van der Waals surface area contributed by atoms with Gasteiger partial charge in [0.2, 0.25) is 0 Å². The number of amides is 4. The van der Waals surface area contributed by atoms with Gasteiger partial charge in [0.15, 0.2) is 0 Å². The molecule has 8 rings (SSSR count). The minimum absolute atomic E-state index is 0.116. The molecule has 17 heteroatoms. The summed E-state index contributed by atoms with van der Waals surface area (Å²) >= 11 is 0. The van der Waals surface area contributed by atoms with Crippen LogP contribution in [0.3, 0.4) is 0 Å². The van der Waals surface area contributed by atoms with Gasteiger partial charge in [-0.15, -0.1) is 0 Å². The van der Waals surface area contributed by atoms with Crippen molar-refractivity contribution in [2.24, 2.45) is 4.99 Å². The molecule has 4 amide bonds. The number of hydrogen-bond acceptors (Lipinski definition) is 9. The Balaban J connectivity index is 1.24. The van der Waals surface area contributed by atoms with Gasteiger partial charge < -0.3 is 31.0 Å². The van der Waals surface area contributed by atoms with Crippen LogP contribution in [0.2, 0.25) is 0 Å². The fourth-order valence-electron chi connectivity index (χ4n) is 8.86. The minimum atomic E-state index is -4.82. The van der Waals surface area contributed by atoms with Crippen molar-refractivity contribution in [2.75, 3.05) is 16.0 Å². The smallest absolute Gasteiger partial charge is 0.319 e. The van der Waals surface area contributed by atoms with Crippen LogP contribution in [0.1, 0.15) is 44.5 Å². The van der Waals surface area contributed by atoms with Gasteiger partial charge in [0.25, 0.3) is 20.2 Å². The molecule has 1 heterocycles. The maximum atomic E-state index is 13.2. The Bertz CT molecular complexity index is 3640. The van der Waals surface area contributed by atoms with E-state index < -0.39 is 31.2 Å². The van der Waals surface area contributed by atoms with Crippen LogP contribution in [0.15, 0.2) is 147 Å². The molecule has 358 valence electrons. The van der Waals surface area contributed by atoms with Crippen molar-refractivity contribution in [1.29, 1.82) is 0 Å². The summed E-state index contributed by atoms with van der Waals surface area (Å²) in [7, 11) is -9.54. The van der Waals surface area contributed by atoms with Crippen LogP contribution < -0.4 is 31.9 Å². The van der Waals surface area contributed by atoms with E-state index in [1.54, 1.807) is 49.4 Å². The lowest BCUT2D eigenvalue weighted by atomic mass is 9.93. The second-order valence-electron chi connectivity index (χ2n) is 17.0. The normalized spacial score (nSPS) is 12.0. The van der Waals surface area contributed by atoms with E-state index in [4.69, 9.17) is 9.41 Å². The first-order valence-electron chi connectivity index (χ1n) is 22.1. The third-order valence-electron chi connectivity index (χ3n) is 12.1. The summed E-state index contributed by atoms with van der Waals surface area (Å²) in [6.07, 6.45) is 0. The minimum Gasteiger partial charge on any atom is -0.456 e. The highest BCUT2D eigenvalue weighted by Gasteiger charge is 2.27. The van der Waals surface area contributed by atoms with Crippen molar-refractivity contribution in [1.82, 2.24) is 10.6 Å². The quantitative estimate of drug-likeness (QED) is 0.0452. The third kappa shape index (κ3) is 10.3. The molecule has 0 spiro atoms. The van der Waals surface area contributed by atoms with Crippen molar-refractivity contribution in [3.63, 3.8) is 0 Å². The highest BCUT2D eigenvalue weighted by Crippen LogP contribution is 2.44. The monoisotopic (exact) mass is 978 g/mol. The topological polar surface area (TPSA) is 229 Å². The van der Waals surface area contributed by atoms with Gasteiger partial charge in [-0.1, -0.05) is 84.9 Å². The molecule has 0 saturated heterocycles. The van der Waals surface area contributed by atoms with Crippen molar-refractivity contribution in [2.45, 2.75) is 64.4 Å². The Morgan fingerprint density at radius 3 is 1.77 bits per heavy atom. The first-order valence-corrected chi connectivity index (χ1v) is 25.0. The van der Waals surface area contributed by atoms with E-state index in [1.165, 1.54) is 26.0 Å². The summed E-state index contributed by atoms with van der Waals surface area (Å²) in [5.74, 6) is 0.248. The lowest BCUT2D eigenvalue weighted by Crippen LogP contribution is -2.29. The maximum absolute atomic E-state index is 13.2. The number of nitrogens with one attached hydrogen (secondary N) is 5.